The molecule has 0 saturated carbocycles. The molecule has 0 radical (unpaired) electrons. The molecule has 1 aromatic heterocycles. The van der Waals surface area contributed by atoms with Crippen molar-refractivity contribution in [2.75, 3.05) is 0 Å². The topological polar surface area (TPSA) is 85.4 Å². The molecular weight excluding hydrogens is 320 g/mol. The standard InChI is InChI=1S/C19H18N2O4/c1-2-3-11-20-16-10-9-14(21(24)25)12-15(16)18(22)17(19(20)23)13-7-5-4-6-8-13/h4-10,12,22H,2-3,11H2,1H3. The molecule has 6 nitrogen and oxygen atoms in total. The summed E-state index contributed by atoms with van der Waals surface area (Å²) in [5.74, 6) is -0.220. The highest BCUT2D eigenvalue weighted by Gasteiger charge is 2.19. The maximum Gasteiger partial charge on any atom is 0.270 e. The van der Waals surface area contributed by atoms with E-state index in [1.54, 1.807) is 28.8 Å². The van der Waals surface area contributed by atoms with Gasteiger partial charge in [-0.2, -0.15) is 0 Å². The molecule has 0 spiro atoms. The average molecular weight is 338 g/mol. The van der Waals surface area contributed by atoms with E-state index in [4.69, 9.17) is 0 Å². The van der Waals surface area contributed by atoms with Crippen LogP contribution in [0.4, 0.5) is 5.69 Å². The summed E-state index contributed by atoms with van der Waals surface area (Å²) in [7, 11) is 0. The quantitative estimate of drug-likeness (QED) is 0.561. The summed E-state index contributed by atoms with van der Waals surface area (Å²) in [6.07, 6.45) is 1.70. The van der Waals surface area contributed by atoms with Gasteiger partial charge in [0, 0.05) is 24.1 Å². The van der Waals surface area contributed by atoms with Crippen molar-refractivity contribution in [2.24, 2.45) is 0 Å². The number of hydrogen-bond donors (Lipinski definition) is 1. The van der Waals surface area contributed by atoms with Crippen LogP contribution in [0.1, 0.15) is 19.8 Å². The molecule has 0 aliphatic rings. The third kappa shape index (κ3) is 2.98. The second-order valence-corrected chi connectivity index (χ2v) is 5.86. The van der Waals surface area contributed by atoms with Gasteiger partial charge >= 0.3 is 0 Å². The Labute approximate surface area is 144 Å². The number of aromatic hydroxyl groups is 1. The number of nitrogens with zero attached hydrogens (tertiary/aromatic N) is 2. The molecule has 2 aromatic carbocycles. The van der Waals surface area contributed by atoms with Crippen LogP contribution in [0, 0.1) is 10.1 Å². The van der Waals surface area contributed by atoms with E-state index in [1.165, 1.54) is 18.2 Å². The SMILES string of the molecule is CCCCn1c(=O)c(-c2ccccc2)c(O)c2cc([N+](=O)[O-])ccc21. The van der Waals surface area contributed by atoms with Gasteiger partial charge in [-0.25, -0.2) is 0 Å². The lowest BCUT2D eigenvalue weighted by molar-refractivity contribution is -0.384. The molecule has 0 aliphatic heterocycles. The molecule has 1 N–H and O–H groups in total. The highest BCUT2D eigenvalue weighted by Crippen LogP contribution is 2.34. The number of aryl methyl sites for hydroxylation is 1. The van der Waals surface area contributed by atoms with E-state index in [1.807, 2.05) is 13.0 Å². The van der Waals surface area contributed by atoms with Crippen LogP contribution >= 0.6 is 0 Å². The molecular formula is C19H18N2O4. The highest BCUT2D eigenvalue weighted by molar-refractivity contribution is 5.93. The number of nitro groups is 1. The van der Waals surface area contributed by atoms with Crippen molar-refractivity contribution in [1.29, 1.82) is 0 Å². The summed E-state index contributed by atoms with van der Waals surface area (Å²) in [5, 5.41) is 22.1. The van der Waals surface area contributed by atoms with Crippen molar-refractivity contribution in [3.05, 3.63) is 69.0 Å². The van der Waals surface area contributed by atoms with Crippen molar-refractivity contribution in [3.8, 4) is 16.9 Å². The Bertz CT molecular complexity index is 994. The van der Waals surface area contributed by atoms with Crippen LogP contribution in [-0.2, 0) is 6.54 Å². The molecule has 25 heavy (non-hydrogen) atoms. The van der Waals surface area contributed by atoms with Crippen molar-refractivity contribution in [3.63, 3.8) is 0 Å². The van der Waals surface area contributed by atoms with E-state index in [-0.39, 0.29) is 22.6 Å². The molecule has 0 bridgehead atoms. The fourth-order valence-corrected chi connectivity index (χ4v) is 2.95. The van der Waals surface area contributed by atoms with Crippen LogP contribution < -0.4 is 5.56 Å². The van der Waals surface area contributed by atoms with E-state index < -0.39 is 4.92 Å². The average Bonchev–Trinajstić information content (AvgIpc) is 2.62. The summed E-state index contributed by atoms with van der Waals surface area (Å²) in [6, 6.07) is 13.1. The number of benzene rings is 2. The first-order valence-corrected chi connectivity index (χ1v) is 8.14. The molecule has 0 aliphatic carbocycles. The van der Waals surface area contributed by atoms with Gasteiger partial charge in [0.05, 0.1) is 16.0 Å². The zero-order valence-corrected chi connectivity index (χ0v) is 13.8. The molecule has 3 aromatic rings. The zero-order chi connectivity index (χ0) is 18.0. The van der Waals surface area contributed by atoms with Gasteiger partial charge in [0.2, 0.25) is 0 Å². The molecule has 0 unspecified atom stereocenters. The second-order valence-electron chi connectivity index (χ2n) is 5.86. The molecule has 1 heterocycles. The Kier molecular flexibility index (Phi) is 4.52. The Balaban J connectivity index is 2.39. The summed E-state index contributed by atoms with van der Waals surface area (Å²) >= 11 is 0. The number of non-ortho nitro benzene ring substituents is 1. The first-order chi connectivity index (χ1) is 12.0. The number of unbranched alkanes of at least 4 members (excludes halogenated alkanes) is 1. The minimum atomic E-state index is -0.511. The van der Waals surface area contributed by atoms with Crippen LogP contribution in [0.15, 0.2) is 53.3 Å². The third-order valence-electron chi connectivity index (χ3n) is 4.23. The molecule has 0 saturated heterocycles. The number of aromatic nitrogens is 1. The molecule has 3 rings (SSSR count). The lowest BCUT2D eigenvalue weighted by Gasteiger charge is -2.15. The Hall–Kier alpha value is -3.15. The van der Waals surface area contributed by atoms with E-state index >= 15 is 0 Å². The second kappa shape index (κ2) is 6.76. The van der Waals surface area contributed by atoms with E-state index in [0.29, 0.717) is 23.0 Å². The normalized spacial score (nSPS) is 10.9. The monoisotopic (exact) mass is 338 g/mol. The predicted octanol–water partition coefficient (Wildman–Crippen LogP) is 4.08. The molecule has 0 amide bonds. The van der Waals surface area contributed by atoms with E-state index in [0.717, 1.165) is 12.8 Å². The summed E-state index contributed by atoms with van der Waals surface area (Å²) in [4.78, 5) is 23.6. The van der Waals surface area contributed by atoms with E-state index in [9.17, 15) is 20.0 Å². The van der Waals surface area contributed by atoms with Gasteiger partial charge in [0.25, 0.3) is 11.2 Å². The summed E-state index contributed by atoms with van der Waals surface area (Å²) in [6.45, 7) is 2.51. The van der Waals surface area contributed by atoms with Gasteiger partial charge in [-0.15, -0.1) is 0 Å². The minimum Gasteiger partial charge on any atom is -0.506 e. The number of rotatable bonds is 5. The first kappa shape index (κ1) is 16.7. The molecule has 0 fully saturated rings. The van der Waals surface area contributed by atoms with Crippen LogP contribution in [0.2, 0.25) is 0 Å². The number of fused-ring (bicyclic) bond motifs is 1. The summed E-state index contributed by atoms with van der Waals surface area (Å²) in [5.41, 5.74) is 0.843. The van der Waals surface area contributed by atoms with Crippen molar-refractivity contribution in [2.45, 2.75) is 26.3 Å². The molecule has 128 valence electrons. The number of hydrogen-bond acceptors (Lipinski definition) is 4. The van der Waals surface area contributed by atoms with Gasteiger partial charge in [-0.3, -0.25) is 14.9 Å². The highest BCUT2D eigenvalue weighted by atomic mass is 16.6. The maximum absolute atomic E-state index is 13.0. The third-order valence-corrected chi connectivity index (χ3v) is 4.23. The largest absolute Gasteiger partial charge is 0.506 e. The summed E-state index contributed by atoms with van der Waals surface area (Å²) < 4.78 is 1.59. The molecule has 0 atom stereocenters. The first-order valence-electron chi connectivity index (χ1n) is 8.14. The Morgan fingerprint density at radius 3 is 2.52 bits per heavy atom. The molecule has 6 heteroatoms. The van der Waals surface area contributed by atoms with Gasteiger partial charge in [0.15, 0.2) is 0 Å². The Morgan fingerprint density at radius 2 is 1.88 bits per heavy atom. The minimum absolute atomic E-state index is 0.123. The van der Waals surface area contributed by atoms with Crippen molar-refractivity contribution >= 4 is 16.6 Å². The van der Waals surface area contributed by atoms with Gasteiger partial charge in [0.1, 0.15) is 5.75 Å². The van der Waals surface area contributed by atoms with Crippen LogP contribution in [0.3, 0.4) is 0 Å². The van der Waals surface area contributed by atoms with Crippen LogP contribution in [-0.4, -0.2) is 14.6 Å². The lowest BCUT2D eigenvalue weighted by Crippen LogP contribution is -2.22. The lowest BCUT2D eigenvalue weighted by atomic mass is 10.0. The van der Waals surface area contributed by atoms with Gasteiger partial charge in [-0.05, 0) is 18.1 Å². The van der Waals surface area contributed by atoms with E-state index in [2.05, 4.69) is 0 Å². The fraction of sp³-hybridized carbons (Fsp3) is 0.211. The zero-order valence-electron chi connectivity index (χ0n) is 13.8. The smallest absolute Gasteiger partial charge is 0.270 e. The van der Waals surface area contributed by atoms with Crippen LogP contribution in [0.25, 0.3) is 22.0 Å². The number of pyridine rings is 1. The van der Waals surface area contributed by atoms with Crippen LogP contribution in [0.5, 0.6) is 5.75 Å². The van der Waals surface area contributed by atoms with Crippen molar-refractivity contribution < 1.29 is 10.0 Å². The predicted molar refractivity (Wildman–Crippen MR) is 96.9 cm³/mol. The van der Waals surface area contributed by atoms with Gasteiger partial charge in [-0.1, -0.05) is 43.7 Å². The maximum atomic E-state index is 13.0. The Morgan fingerprint density at radius 1 is 1.16 bits per heavy atom. The van der Waals surface area contributed by atoms with Crippen molar-refractivity contribution in [1.82, 2.24) is 4.57 Å². The fourth-order valence-electron chi connectivity index (χ4n) is 2.95. The number of nitro benzene ring substituents is 1. The van der Waals surface area contributed by atoms with Gasteiger partial charge < -0.3 is 9.67 Å².